The number of hydrogen-bond acceptors (Lipinski definition) is 5. The van der Waals surface area contributed by atoms with E-state index in [2.05, 4.69) is 36.2 Å². The maximum absolute atomic E-state index is 12.3. The Morgan fingerprint density at radius 2 is 1.82 bits per heavy atom. The second kappa shape index (κ2) is 9.30. The molecule has 1 aromatic heterocycles. The summed E-state index contributed by atoms with van der Waals surface area (Å²) in [6.07, 6.45) is 1.25. The molecule has 1 amide bonds. The van der Waals surface area contributed by atoms with Gasteiger partial charge in [-0.3, -0.25) is 4.79 Å². The fraction of sp³-hybridized carbons (Fsp3) is 0.333. The molecule has 0 radical (unpaired) electrons. The van der Waals surface area contributed by atoms with Crippen LogP contribution in [0.25, 0.3) is 10.2 Å². The van der Waals surface area contributed by atoms with Crippen molar-refractivity contribution < 1.29 is 14.3 Å². The molecule has 0 saturated heterocycles. The van der Waals surface area contributed by atoms with Crippen molar-refractivity contribution in [1.29, 1.82) is 0 Å². The highest BCUT2D eigenvalue weighted by Crippen LogP contribution is 2.33. The molecule has 3 aromatic rings. The summed E-state index contributed by atoms with van der Waals surface area (Å²) in [5.74, 6) is 2.14. The van der Waals surface area contributed by atoms with E-state index in [4.69, 9.17) is 9.47 Å². The maximum atomic E-state index is 12.3. The Balaban J connectivity index is 1.66. The van der Waals surface area contributed by atoms with E-state index in [0.29, 0.717) is 22.7 Å². The number of carbonyl (C=O) groups excluding carboxylic acids is 1. The van der Waals surface area contributed by atoms with Crippen LogP contribution in [0.15, 0.2) is 46.3 Å². The number of aryl methyl sites for hydroxylation is 2. The highest BCUT2D eigenvalue weighted by molar-refractivity contribution is 7.99. The number of nitrogens with zero attached hydrogens (tertiary/aromatic N) is 2. The number of thiazole rings is 1. The summed E-state index contributed by atoms with van der Waals surface area (Å²) in [5.41, 5.74) is 2.22. The van der Waals surface area contributed by atoms with E-state index in [1.807, 2.05) is 23.7 Å². The summed E-state index contributed by atoms with van der Waals surface area (Å²) in [4.78, 5) is 18.5. The molecule has 0 spiro atoms. The van der Waals surface area contributed by atoms with Gasteiger partial charge in [-0.1, -0.05) is 29.0 Å². The number of benzene rings is 2. The van der Waals surface area contributed by atoms with Crippen molar-refractivity contribution in [2.75, 3.05) is 20.0 Å². The number of hydrogen-bond donors (Lipinski definition) is 0. The van der Waals surface area contributed by atoms with Crippen LogP contribution in [-0.4, -0.2) is 30.4 Å². The van der Waals surface area contributed by atoms with E-state index < -0.39 is 0 Å². The summed E-state index contributed by atoms with van der Waals surface area (Å²) < 4.78 is 13.6. The Labute approximate surface area is 173 Å². The van der Waals surface area contributed by atoms with Crippen molar-refractivity contribution in [3.63, 3.8) is 0 Å². The summed E-state index contributed by atoms with van der Waals surface area (Å²) in [7, 11) is 5.13. The van der Waals surface area contributed by atoms with Gasteiger partial charge in [0.2, 0.25) is 5.91 Å². The molecule has 148 valence electrons. The lowest BCUT2D eigenvalue weighted by atomic mass is 10.2. The first-order valence-electron chi connectivity index (χ1n) is 9.00. The number of amides is 1. The number of carbonyl (C=O) groups is 1. The number of aromatic nitrogens is 1. The monoisotopic (exact) mass is 416 g/mol. The lowest BCUT2D eigenvalue weighted by Crippen LogP contribution is -2.13. The first-order chi connectivity index (χ1) is 13.5. The quantitative estimate of drug-likeness (QED) is 0.418. The van der Waals surface area contributed by atoms with Crippen LogP contribution in [0.2, 0.25) is 0 Å². The van der Waals surface area contributed by atoms with Crippen molar-refractivity contribution in [3.05, 3.63) is 46.8 Å². The highest BCUT2D eigenvalue weighted by Gasteiger charge is 2.11. The first kappa shape index (κ1) is 20.5. The van der Waals surface area contributed by atoms with Gasteiger partial charge in [-0.05, 0) is 31.2 Å². The molecule has 0 saturated carbocycles. The van der Waals surface area contributed by atoms with E-state index in [9.17, 15) is 4.79 Å². The number of thioether (sulfide) groups is 1. The molecule has 0 aliphatic carbocycles. The molecular weight excluding hydrogens is 392 g/mol. The van der Waals surface area contributed by atoms with Gasteiger partial charge < -0.3 is 14.0 Å². The second-order valence-corrected chi connectivity index (χ2v) is 8.57. The lowest BCUT2D eigenvalue weighted by molar-refractivity contribution is -0.118. The fourth-order valence-electron chi connectivity index (χ4n) is 2.77. The average molecular weight is 417 g/mol. The molecule has 0 aliphatic heterocycles. The molecule has 0 atom stereocenters. The molecule has 0 fully saturated rings. The van der Waals surface area contributed by atoms with Crippen LogP contribution in [0.1, 0.15) is 18.4 Å². The van der Waals surface area contributed by atoms with Crippen LogP contribution < -0.4 is 14.3 Å². The van der Waals surface area contributed by atoms with Gasteiger partial charge in [0.05, 0.1) is 24.4 Å². The van der Waals surface area contributed by atoms with Crippen molar-refractivity contribution >= 4 is 39.2 Å². The predicted molar refractivity (Wildman–Crippen MR) is 116 cm³/mol. The molecule has 0 bridgehead atoms. The van der Waals surface area contributed by atoms with Crippen molar-refractivity contribution in [3.8, 4) is 11.5 Å². The van der Waals surface area contributed by atoms with Gasteiger partial charge in [-0.15, -0.1) is 11.8 Å². The van der Waals surface area contributed by atoms with Crippen molar-refractivity contribution in [2.24, 2.45) is 12.0 Å². The van der Waals surface area contributed by atoms with Crippen molar-refractivity contribution in [2.45, 2.75) is 24.7 Å². The summed E-state index contributed by atoms with van der Waals surface area (Å²) in [6.45, 7) is 2.08. The number of ether oxygens (including phenoxy) is 2. The van der Waals surface area contributed by atoms with Gasteiger partial charge in [-0.2, -0.15) is 4.99 Å². The largest absolute Gasteiger partial charge is 0.493 e. The van der Waals surface area contributed by atoms with E-state index in [1.165, 1.54) is 21.8 Å². The van der Waals surface area contributed by atoms with E-state index >= 15 is 0 Å². The van der Waals surface area contributed by atoms with Gasteiger partial charge in [-0.25, -0.2) is 0 Å². The average Bonchev–Trinajstić information content (AvgIpc) is 3.00. The van der Waals surface area contributed by atoms with Crippen LogP contribution in [0, 0.1) is 6.92 Å². The molecule has 2 aromatic carbocycles. The van der Waals surface area contributed by atoms with Crippen LogP contribution in [0.5, 0.6) is 11.5 Å². The van der Waals surface area contributed by atoms with E-state index in [-0.39, 0.29) is 5.91 Å². The van der Waals surface area contributed by atoms with Crippen LogP contribution in [0.4, 0.5) is 0 Å². The molecule has 1 heterocycles. The third kappa shape index (κ3) is 4.77. The van der Waals surface area contributed by atoms with Gasteiger partial charge in [0.1, 0.15) is 0 Å². The molecule has 0 N–H and O–H groups in total. The zero-order valence-corrected chi connectivity index (χ0v) is 18.2. The molecule has 28 heavy (non-hydrogen) atoms. The van der Waals surface area contributed by atoms with Crippen LogP contribution >= 0.6 is 23.1 Å². The van der Waals surface area contributed by atoms with Crippen LogP contribution in [0.3, 0.4) is 0 Å². The summed E-state index contributed by atoms with van der Waals surface area (Å²) >= 11 is 3.24. The molecule has 0 aliphatic rings. The summed E-state index contributed by atoms with van der Waals surface area (Å²) in [5, 5.41) is 0. The topological polar surface area (TPSA) is 52.8 Å². The minimum absolute atomic E-state index is 0.0920. The lowest BCUT2D eigenvalue weighted by Gasteiger charge is -2.07. The normalized spacial score (nSPS) is 11.8. The third-order valence-electron chi connectivity index (χ3n) is 4.36. The molecule has 3 rings (SSSR count). The fourth-order valence-corrected chi connectivity index (χ4v) is 4.67. The van der Waals surface area contributed by atoms with Crippen LogP contribution in [-0.2, 0) is 11.8 Å². The predicted octanol–water partition coefficient (Wildman–Crippen LogP) is 4.57. The molecule has 7 heteroatoms. The van der Waals surface area contributed by atoms with Gasteiger partial charge in [0.25, 0.3) is 0 Å². The zero-order valence-electron chi connectivity index (χ0n) is 16.5. The van der Waals surface area contributed by atoms with Gasteiger partial charge in [0.15, 0.2) is 16.3 Å². The minimum atomic E-state index is -0.0920. The highest BCUT2D eigenvalue weighted by atomic mass is 32.2. The molecular formula is C21H24N2O3S2. The number of methoxy groups -OCH3 is 2. The SMILES string of the molecule is COc1cc2sc(=NC(=O)CCCSc3ccc(C)cc3)n(C)c2cc1OC. The van der Waals surface area contributed by atoms with Gasteiger partial charge in [0, 0.05) is 30.5 Å². The third-order valence-corrected chi connectivity index (χ3v) is 6.55. The van der Waals surface area contributed by atoms with Gasteiger partial charge >= 0.3 is 0 Å². The molecule has 0 unspecified atom stereocenters. The standard InChI is InChI=1S/C21H24N2O3S2/c1-14-7-9-15(10-8-14)27-11-5-6-20(24)22-21-23(2)16-12-17(25-3)18(26-4)13-19(16)28-21/h7-10,12-13H,5-6,11H2,1-4H3. The number of fused-ring (bicyclic) bond motifs is 1. The Morgan fingerprint density at radius 3 is 2.50 bits per heavy atom. The Bertz CT molecular complexity index is 1040. The summed E-state index contributed by atoms with van der Waals surface area (Å²) in [6, 6.07) is 12.3. The second-order valence-electron chi connectivity index (χ2n) is 6.39. The zero-order chi connectivity index (χ0) is 20.1. The number of rotatable bonds is 7. The van der Waals surface area contributed by atoms with Crippen molar-refractivity contribution in [1.82, 2.24) is 4.57 Å². The van der Waals surface area contributed by atoms with E-state index in [1.54, 1.807) is 26.0 Å². The minimum Gasteiger partial charge on any atom is -0.493 e. The smallest absolute Gasteiger partial charge is 0.248 e. The molecule has 5 nitrogen and oxygen atoms in total. The Hall–Kier alpha value is -2.25. The maximum Gasteiger partial charge on any atom is 0.248 e. The Morgan fingerprint density at radius 1 is 1.14 bits per heavy atom. The Kier molecular flexibility index (Phi) is 6.80. The first-order valence-corrected chi connectivity index (χ1v) is 10.8. The van der Waals surface area contributed by atoms with E-state index in [0.717, 1.165) is 22.4 Å².